The number of aryl methyl sites for hydroxylation is 1. The number of carbonyl (C=O) groups excluding carboxylic acids is 1. The highest BCUT2D eigenvalue weighted by atomic mass is 16.6. The summed E-state index contributed by atoms with van der Waals surface area (Å²) in [6.45, 7) is 9.92. The molecule has 1 N–H and O–H groups in total. The van der Waals surface area contributed by atoms with Gasteiger partial charge in [0.1, 0.15) is 5.82 Å². The predicted octanol–water partition coefficient (Wildman–Crippen LogP) is 1.89. The quantitative estimate of drug-likeness (QED) is 0.895. The summed E-state index contributed by atoms with van der Waals surface area (Å²) in [5.41, 5.74) is 0.941. The Labute approximate surface area is 131 Å². The van der Waals surface area contributed by atoms with Crippen molar-refractivity contribution in [2.45, 2.75) is 27.2 Å². The van der Waals surface area contributed by atoms with E-state index in [1.54, 1.807) is 4.90 Å². The molecule has 0 saturated carbocycles. The number of hydrogen-bond acceptors (Lipinski definition) is 6. The van der Waals surface area contributed by atoms with Gasteiger partial charge in [0.15, 0.2) is 0 Å². The monoisotopic (exact) mass is 307 g/mol. The Kier molecular flexibility index (Phi) is 5.80. The third-order valence-corrected chi connectivity index (χ3v) is 3.49. The van der Waals surface area contributed by atoms with Crippen LogP contribution in [0.3, 0.4) is 0 Å². The Hall–Kier alpha value is -2.05. The standard InChI is InChI=1S/C15H25N5O2/c1-4-6-16-13-11-12(3)17-14(18-13)19-7-9-20(10-8-19)15(21)22-5-2/h11H,4-10H2,1-3H3,(H,16,17,18). The van der Waals surface area contributed by atoms with Gasteiger partial charge < -0.3 is 19.9 Å². The molecule has 1 aliphatic heterocycles. The van der Waals surface area contributed by atoms with Crippen LogP contribution in [0.2, 0.25) is 0 Å². The number of piperazine rings is 1. The van der Waals surface area contributed by atoms with Gasteiger partial charge in [0.2, 0.25) is 5.95 Å². The second-order valence-corrected chi connectivity index (χ2v) is 5.29. The molecule has 0 radical (unpaired) electrons. The summed E-state index contributed by atoms with van der Waals surface area (Å²) in [6, 6.07) is 1.95. The normalized spacial score (nSPS) is 14.9. The van der Waals surface area contributed by atoms with Gasteiger partial charge in [-0.1, -0.05) is 6.92 Å². The van der Waals surface area contributed by atoms with Crippen LogP contribution in [-0.4, -0.2) is 60.3 Å². The molecule has 122 valence electrons. The summed E-state index contributed by atoms with van der Waals surface area (Å²) in [4.78, 5) is 24.6. The van der Waals surface area contributed by atoms with E-state index in [0.29, 0.717) is 19.7 Å². The van der Waals surface area contributed by atoms with Gasteiger partial charge in [0, 0.05) is 44.5 Å². The van der Waals surface area contributed by atoms with Crippen molar-refractivity contribution in [3.63, 3.8) is 0 Å². The van der Waals surface area contributed by atoms with Crippen LogP contribution in [0.25, 0.3) is 0 Å². The van der Waals surface area contributed by atoms with Crippen LogP contribution in [0, 0.1) is 6.92 Å². The Balaban J connectivity index is 1.98. The maximum absolute atomic E-state index is 11.7. The van der Waals surface area contributed by atoms with Gasteiger partial charge in [-0.25, -0.2) is 9.78 Å². The maximum atomic E-state index is 11.7. The number of ether oxygens (including phenoxy) is 1. The fraction of sp³-hybridized carbons (Fsp3) is 0.667. The van der Waals surface area contributed by atoms with E-state index in [2.05, 4.69) is 27.1 Å². The molecule has 1 amide bonds. The molecule has 7 nitrogen and oxygen atoms in total. The van der Waals surface area contributed by atoms with E-state index in [4.69, 9.17) is 4.74 Å². The van der Waals surface area contributed by atoms with Gasteiger partial charge in [-0.05, 0) is 20.3 Å². The lowest BCUT2D eigenvalue weighted by Gasteiger charge is -2.34. The molecule has 22 heavy (non-hydrogen) atoms. The fourth-order valence-corrected chi connectivity index (χ4v) is 2.34. The summed E-state index contributed by atoms with van der Waals surface area (Å²) in [7, 11) is 0. The molecule has 1 aromatic rings. The lowest BCUT2D eigenvalue weighted by Crippen LogP contribution is -2.49. The van der Waals surface area contributed by atoms with Crippen molar-refractivity contribution >= 4 is 17.9 Å². The first kappa shape index (κ1) is 16.3. The lowest BCUT2D eigenvalue weighted by atomic mass is 10.3. The average Bonchev–Trinajstić information content (AvgIpc) is 2.53. The lowest BCUT2D eigenvalue weighted by molar-refractivity contribution is 0.105. The molecule has 1 saturated heterocycles. The molecule has 0 aliphatic carbocycles. The summed E-state index contributed by atoms with van der Waals surface area (Å²) in [5, 5.41) is 3.30. The van der Waals surface area contributed by atoms with E-state index < -0.39 is 0 Å². The highest BCUT2D eigenvalue weighted by Gasteiger charge is 2.23. The van der Waals surface area contributed by atoms with Crippen molar-refractivity contribution in [3.8, 4) is 0 Å². The van der Waals surface area contributed by atoms with Crippen molar-refractivity contribution in [2.75, 3.05) is 49.5 Å². The Morgan fingerprint density at radius 2 is 2.00 bits per heavy atom. The van der Waals surface area contributed by atoms with Crippen LogP contribution >= 0.6 is 0 Å². The van der Waals surface area contributed by atoms with Crippen molar-refractivity contribution in [1.82, 2.24) is 14.9 Å². The molecule has 0 bridgehead atoms. The average molecular weight is 307 g/mol. The number of amides is 1. The molecule has 0 aromatic carbocycles. The minimum Gasteiger partial charge on any atom is -0.450 e. The van der Waals surface area contributed by atoms with Gasteiger partial charge in [-0.3, -0.25) is 0 Å². The van der Waals surface area contributed by atoms with E-state index in [9.17, 15) is 4.79 Å². The van der Waals surface area contributed by atoms with Crippen LogP contribution in [0.4, 0.5) is 16.6 Å². The van der Waals surface area contributed by atoms with Crippen molar-refractivity contribution in [3.05, 3.63) is 11.8 Å². The first-order chi connectivity index (χ1) is 10.6. The molecule has 1 aromatic heterocycles. The number of nitrogens with one attached hydrogen (secondary N) is 1. The van der Waals surface area contributed by atoms with E-state index in [1.165, 1.54) is 0 Å². The van der Waals surface area contributed by atoms with Crippen molar-refractivity contribution < 1.29 is 9.53 Å². The third kappa shape index (κ3) is 4.22. The molecule has 2 heterocycles. The van der Waals surface area contributed by atoms with Gasteiger partial charge in [-0.2, -0.15) is 4.98 Å². The highest BCUT2D eigenvalue weighted by Crippen LogP contribution is 2.16. The summed E-state index contributed by atoms with van der Waals surface area (Å²) >= 11 is 0. The van der Waals surface area contributed by atoms with E-state index in [1.807, 2.05) is 19.9 Å². The minimum atomic E-state index is -0.238. The fourth-order valence-electron chi connectivity index (χ4n) is 2.34. The largest absolute Gasteiger partial charge is 0.450 e. The number of anilines is 2. The third-order valence-electron chi connectivity index (χ3n) is 3.49. The zero-order valence-electron chi connectivity index (χ0n) is 13.6. The first-order valence-electron chi connectivity index (χ1n) is 7.90. The molecule has 1 fully saturated rings. The smallest absolute Gasteiger partial charge is 0.409 e. The van der Waals surface area contributed by atoms with Crippen LogP contribution in [0.1, 0.15) is 26.0 Å². The van der Waals surface area contributed by atoms with Gasteiger partial charge in [0.05, 0.1) is 6.61 Å². The number of hydrogen-bond donors (Lipinski definition) is 1. The van der Waals surface area contributed by atoms with Crippen molar-refractivity contribution in [2.24, 2.45) is 0 Å². The van der Waals surface area contributed by atoms with Gasteiger partial charge in [0.25, 0.3) is 0 Å². The van der Waals surface area contributed by atoms with Gasteiger partial charge >= 0.3 is 6.09 Å². The topological polar surface area (TPSA) is 70.6 Å². The molecule has 1 aliphatic rings. The van der Waals surface area contributed by atoms with Crippen LogP contribution in [0.15, 0.2) is 6.07 Å². The number of rotatable bonds is 5. The SMILES string of the molecule is CCCNc1cc(C)nc(N2CCN(C(=O)OCC)CC2)n1. The molecule has 0 atom stereocenters. The summed E-state index contributed by atoms with van der Waals surface area (Å²) in [6.07, 6.45) is 0.814. The Morgan fingerprint density at radius 1 is 1.27 bits per heavy atom. The van der Waals surface area contributed by atoms with Crippen LogP contribution in [0.5, 0.6) is 0 Å². The first-order valence-corrected chi connectivity index (χ1v) is 7.90. The second kappa shape index (κ2) is 7.82. The number of nitrogens with zero attached hydrogens (tertiary/aromatic N) is 4. The Bertz CT molecular complexity index is 501. The molecule has 7 heteroatoms. The number of aromatic nitrogens is 2. The zero-order valence-corrected chi connectivity index (χ0v) is 13.6. The molecular formula is C15H25N5O2. The molecule has 2 rings (SSSR count). The maximum Gasteiger partial charge on any atom is 0.409 e. The van der Waals surface area contributed by atoms with E-state index in [-0.39, 0.29) is 6.09 Å². The zero-order chi connectivity index (χ0) is 15.9. The Morgan fingerprint density at radius 3 is 2.64 bits per heavy atom. The molecule has 0 spiro atoms. The number of carbonyl (C=O) groups is 1. The second-order valence-electron chi connectivity index (χ2n) is 5.29. The summed E-state index contributed by atoms with van der Waals surface area (Å²) in [5.74, 6) is 1.58. The van der Waals surface area contributed by atoms with Crippen LogP contribution in [-0.2, 0) is 4.74 Å². The highest BCUT2D eigenvalue weighted by molar-refractivity contribution is 5.68. The van der Waals surface area contributed by atoms with Crippen LogP contribution < -0.4 is 10.2 Å². The van der Waals surface area contributed by atoms with Gasteiger partial charge in [-0.15, -0.1) is 0 Å². The summed E-state index contributed by atoms with van der Waals surface area (Å²) < 4.78 is 5.03. The van der Waals surface area contributed by atoms with E-state index >= 15 is 0 Å². The molecule has 0 unspecified atom stereocenters. The predicted molar refractivity (Wildman–Crippen MR) is 86.4 cm³/mol. The molecular weight excluding hydrogens is 282 g/mol. The van der Waals surface area contributed by atoms with Crippen molar-refractivity contribution in [1.29, 1.82) is 0 Å². The minimum absolute atomic E-state index is 0.238. The van der Waals surface area contributed by atoms with E-state index in [0.717, 1.165) is 43.5 Å².